The molecule has 60 heavy (non-hydrogen) atoms. The van der Waals surface area contributed by atoms with Gasteiger partial charge in [-0.3, -0.25) is 14.4 Å². The van der Waals surface area contributed by atoms with Gasteiger partial charge in [0.25, 0.3) is 0 Å². The maximum absolute atomic E-state index is 12.7. The Hall–Kier alpha value is -3.93. The average molecular weight is 831 g/mol. The van der Waals surface area contributed by atoms with Crippen LogP contribution in [0.15, 0.2) is 109 Å². The van der Waals surface area contributed by atoms with Gasteiger partial charge in [0.2, 0.25) is 0 Å². The van der Waals surface area contributed by atoms with Gasteiger partial charge in [-0.15, -0.1) is 0 Å². The Bertz CT molecular complexity index is 1280. The zero-order valence-electron chi connectivity index (χ0n) is 38.4. The maximum Gasteiger partial charge on any atom is 0.306 e. The minimum Gasteiger partial charge on any atom is -0.462 e. The van der Waals surface area contributed by atoms with Crippen LogP contribution in [0.25, 0.3) is 0 Å². The summed E-state index contributed by atoms with van der Waals surface area (Å²) in [6, 6.07) is 0. The first-order chi connectivity index (χ1) is 29.5. The van der Waals surface area contributed by atoms with Crippen LogP contribution in [0, 0.1) is 0 Å². The van der Waals surface area contributed by atoms with Crippen LogP contribution in [0.5, 0.6) is 0 Å². The number of unbranched alkanes of at least 4 members (excludes halogenated alkanes) is 16. The summed E-state index contributed by atoms with van der Waals surface area (Å²) in [7, 11) is 0. The van der Waals surface area contributed by atoms with Crippen molar-refractivity contribution in [1.29, 1.82) is 0 Å². The molecule has 0 amide bonds. The highest BCUT2D eigenvalue weighted by atomic mass is 16.6. The number of hydrogen-bond donors (Lipinski definition) is 0. The van der Waals surface area contributed by atoms with Crippen molar-refractivity contribution in [3.8, 4) is 0 Å². The fourth-order valence-corrected chi connectivity index (χ4v) is 5.99. The Labute approximate surface area is 368 Å². The highest BCUT2D eigenvalue weighted by Gasteiger charge is 2.19. The molecule has 0 saturated carbocycles. The third-order valence-electron chi connectivity index (χ3n) is 9.61. The van der Waals surface area contributed by atoms with E-state index in [4.69, 9.17) is 14.2 Å². The first-order valence-electron chi connectivity index (χ1n) is 24.0. The van der Waals surface area contributed by atoms with Crippen LogP contribution < -0.4 is 0 Å². The molecule has 6 heteroatoms. The van der Waals surface area contributed by atoms with E-state index in [1.807, 2.05) is 48.6 Å². The van der Waals surface area contributed by atoms with E-state index < -0.39 is 6.10 Å². The van der Waals surface area contributed by atoms with Crippen LogP contribution in [-0.2, 0) is 28.6 Å². The van der Waals surface area contributed by atoms with Gasteiger partial charge >= 0.3 is 17.9 Å². The van der Waals surface area contributed by atoms with Crippen LogP contribution in [0.2, 0.25) is 0 Å². The van der Waals surface area contributed by atoms with E-state index in [2.05, 4.69) is 81.5 Å². The van der Waals surface area contributed by atoms with Gasteiger partial charge in [-0.1, -0.05) is 194 Å². The minimum atomic E-state index is -0.825. The van der Waals surface area contributed by atoms with Crippen molar-refractivity contribution in [2.75, 3.05) is 13.2 Å². The first-order valence-corrected chi connectivity index (χ1v) is 24.0. The van der Waals surface area contributed by atoms with Gasteiger partial charge in [-0.05, 0) is 89.9 Å². The predicted molar refractivity (Wildman–Crippen MR) is 256 cm³/mol. The number of carbonyl (C=O) groups is 3. The first kappa shape index (κ1) is 56.1. The van der Waals surface area contributed by atoms with Gasteiger partial charge in [0, 0.05) is 19.3 Å². The highest BCUT2D eigenvalue weighted by Crippen LogP contribution is 2.11. The van der Waals surface area contributed by atoms with E-state index in [0.29, 0.717) is 19.3 Å². The number of hydrogen-bond acceptors (Lipinski definition) is 6. The summed E-state index contributed by atoms with van der Waals surface area (Å²) in [4.78, 5) is 37.8. The Kier molecular flexibility index (Phi) is 44.6. The van der Waals surface area contributed by atoms with Crippen molar-refractivity contribution < 1.29 is 28.6 Å². The lowest BCUT2D eigenvalue weighted by atomic mass is 10.1. The monoisotopic (exact) mass is 831 g/mol. The van der Waals surface area contributed by atoms with Crippen LogP contribution >= 0.6 is 0 Å². The molecule has 0 heterocycles. The third-order valence-corrected chi connectivity index (χ3v) is 9.61. The quantitative estimate of drug-likeness (QED) is 0.0201. The summed E-state index contributed by atoms with van der Waals surface area (Å²) >= 11 is 0. The van der Waals surface area contributed by atoms with Gasteiger partial charge in [0.1, 0.15) is 13.2 Å². The molecule has 0 spiro atoms. The van der Waals surface area contributed by atoms with Crippen molar-refractivity contribution in [2.24, 2.45) is 0 Å². The molecular formula is C54H86O6. The van der Waals surface area contributed by atoms with Gasteiger partial charge in [-0.25, -0.2) is 0 Å². The van der Waals surface area contributed by atoms with Gasteiger partial charge in [0.15, 0.2) is 6.10 Å². The van der Waals surface area contributed by atoms with E-state index in [1.54, 1.807) is 0 Å². The average Bonchev–Trinajstić information content (AvgIpc) is 3.24. The SMILES string of the molecule is CC\C=C/C=C\C=C/C=C\C=C/CCCCCC(=O)OC(COC(=O)CCC/C=C\C/C=C\C/C=C\CCCCCCCC)COC(=O)CCCCCC/C=C\CCCC. The predicted octanol–water partition coefficient (Wildman–Crippen LogP) is 15.6. The molecule has 0 aliphatic rings. The topological polar surface area (TPSA) is 78.9 Å². The Morgan fingerprint density at radius 2 is 0.750 bits per heavy atom. The van der Waals surface area contributed by atoms with E-state index in [9.17, 15) is 14.4 Å². The maximum atomic E-state index is 12.7. The summed E-state index contributed by atoms with van der Waals surface area (Å²) in [6.07, 6.45) is 63.6. The summed E-state index contributed by atoms with van der Waals surface area (Å²) in [5.41, 5.74) is 0. The van der Waals surface area contributed by atoms with Crippen molar-refractivity contribution in [3.05, 3.63) is 109 Å². The lowest BCUT2D eigenvalue weighted by Gasteiger charge is -2.18. The van der Waals surface area contributed by atoms with E-state index >= 15 is 0 Å². The second kappa shape index (κ2) is 47.7. The van der Waals surface area contributed by atoms with Gasteiger partial charge < -0.3 is 14.2 Å². The molecule has 0 bridgehead atoms. The molecule has 0 N–H and O–H groups in total. The van der Waals surface area contributed by atoms with E-state index in [0.717, 1.165) is 83.5 Å². The summed E-state index contributed by atoms with van der Waals surface area (Å²) < 4.78 is 16.6. The molecule has 1 unspecified atom stereocenters. The van der Waals surface area contributed by atoms with Crippen LogP contribution in [-0.4, -0.2) is 37.2 Å². The second-order valence-corrected chi connectivity index (χ2v) is 15.4. The summed E-state index contributed by atoms with van der Waals surface area (Å²) in [6.45, 7) is 6.32. The summed E-state index contributed by atoms with van der Waals surface area (Å²) in [5.74, 6) is -1.04. The summed E-state index contributed by atoms with van der Waals surface area (Å²) in [5, 5.41) is 0. The van der Waals surface area contributed by atoms with Crippen LogP contribution in [0.3, 0.4) is 0 Å². The third kappa shape index (κ3) is 45.2. The molecule has 0 radical (unpaired) electrons. The zero-order chi connectivity index (χ0) is 43.7. The fourth-order valence-electron chi connectivity index (χ4n) is 5.99. The molecule has 0 aliphatic heterocycles. The van der Waals surface area contributed by atoms with Gasteiger partial charge in [0.05, 0.1) is 0 Å². The molecular weight excluding hydrogens is 745 g/mol. The minimum absolute atomic E-state index is 0.120. The van der Waals surface area contributed by atoms with Crippen molar-refractivity contribution in [1.82, 2.24) is 0 Å². The number of esters is 3. The molecule has 0 saturated heterocycles. The number of ether oxygens (including phenoxy) is 3. The number of allylic oxidation sites excluding steroid dienone is 18. The standard InChI is InChI=1S/C54H86O6/c1-4-7-10-13-16-19-22-24-26-27-29-30-32-35-38-41-44-47-53(56)59-50-51(49-58-52(55)46-43-40-37-34-21-18-15-12-9-6-3)60-54(57)48-45-42-39-36-33-31-28-25-23-20-17-14-11-8-5-2/h8,11,14-15,17-18,20,23-26,28-31,33,35,38,51H,4-7,9-10,12-13,16,19,21-22,27,32,34,36-37,39-50H2,1-3H3/b11-8-,17-14-,18-15-,23-20-,26-24-,28-25-,30-29-,33-31-,38-35-. The largest absolute Gasteiger partial charge is 0.462 e. The fraction of sp³-hybridized carbons (Fsp3) is 0.611. The highest BCUT2D eigenvalue weighted by molar-refractivity contribution is 5.71. The molecule has 6 nitrogen and oxygen atoms in total. The molecule has 0 rings (SSSR count). The van der Waals surface area contributed by atoms with Crippen molar-refractivity contribution >= 4 is 17.9 Å². The second-order valence-electron chi connectivity index (χ2n) is 15.4. The molecule has 0 aromatic heterocycles. The van der Waals surface area contributed by atoms with E-state index in [1.165, 1.54) is 57.8 Å². The number of carbonyl (C=O) groups excluding carboxylic acids is 3. The molecule has 338 valence electrons. The smallest absolute Gasteiger partial charge is 0.306 e. The van der Waals surface area contributed by atoms with Crippen molar-refractivity contribution in [2.45, 2.75) is 200 Å². The Morgan fingerprint density at radius 3 is 1.32 bits per heavy atom. The van der Waals surface area contributed by atoms with Crippen LogP contribution in [0.1, 0.15) is 194 Å². The molecule has 0 aliphatic carbocycles. The number of rotatable bonds is 41. The molecule has 1 atom stereocenters. The normalized spacial score (nSPS) is 13.1. The Balaban J connectivity index is 4.56. The lowest BCUT2D eigenvalue weighted by molar-refractivity contribution is -0.167. The molecule has 0 aromatic carbocycles. The van der Waals surface area contributed by atoms with Crippen molar-refractivity contribution in [3.63, 3.8) is 0 Å². The Morgan fingerprint density at radius 1 is 0.367 bits per heavy atom. The lowest BCUT2D eigenvalue weighted by Crippen LogP contribution is -2.30. The van der Waals surface area contributed by atoms with Crippen LogP contribution in [0.4, 0.5) is 0 Å². The molecule has 0 aromatic rings. The molecule has 0 fully saturated rings. The zero-order valence-corrected chi connectivity index (χ0v) is 38.4. The van der Waals surface area contributed by atoms with E-state index in [-0.39, 0.29) is 44.0 Å². The van der Waals surface area contributed by atoms with Gasteiger partial charge in [-0.2, -0.15) is 0 Å².